The van der Waals surface area contributed by atoms with Crippen LogP contribution in [0.4, 0.5) is 56.9 Å². The standard InChI is InChI=1S/C42H36N10O22S8/c1-18-3-5-20(74-9-2-10-75)12-26(18)46-48-28-15-31(77-58)27(17-33(28)79(62,63)64)47-50-38-34(80(65,66)67)13-22-21(40(38)53)6-8-25(42(22)82(71,72)73)45-49-29-16-30(76-57)23-14-35(81(68,69)70)39(41(54)36(23)37(29)43)51-44-24-7-4-19(52(55)56)11-32(24)78(59,60)61/h3-8,11-17,44,51,53-54,57-58,75H,2,9-10,43H2,1H3,(H,59,60,61)(H,62,63,64)(H,65,66,67)(H,68,69,70)(H,71,72,73). The number of phenols is 2. The van der Waals surface area contributed by atoms with Crippen molar-refractivity contribution in [1.29, 1.82) is 0 Å². The topological polar surface area (TPSA) is 529 Å². The fraction of sp³-hybridized carbons (Fsp3) is 0.0952. The Morgan fingerprint density at radius 1 is 0.598 bits per heavy atom. The van der Waals surface area contributed by atoms with E-state index < -0.39 is 169 Å². The zero-order valence-electron chi connectivity index (χ0n) is 40.5. The first-order valence-electron chi connectivity index (χ1n) is 21.7. The second-order valence-electron chi connectivity index (χ2n) is 16.4. The predicted molar refractivity (Wildman–Crippen MR) is 296 cm³/mol. The molecule has 0 heterocycles. The molecule has 434 valence electrons. The van der Waals surface area contributed by atoms with E-state index in [-0.39, 0.29) is 34.7 Å². The number of hydrogen-bond donors (Lipinski definition) is 13. The first-order valence-corrected chi connectivity index (χ1v) is 31.1. The van der Waals surface area contributed by atoms with Gasteiger partial charge in [-0.25, -0.2) is 0 Å². The van der Waals surface area contributed by atoms with Crippen molar-refractivity contribution >= 4 is 166 Å². The number of nitro groups is 1. The van der Waals surface area contributed by atoms with Gasteiger partial charge in [-0.3, -0.25) is 43.7 Å². The molecule has 0 atom stereocenters. The van der Waals surface area contributed by atoms with E-state index in [1.165, 1.54) is 6.07 Å². The molecule has 0 radical (unpaired) electrons. The number of aromatic hydroxyl groups is 2. The van der Waals surface area contributed by atoms with Crippen molar-refractivity contribution in [1.82, 2.24) is 0 Å². The van der Waals surface area contributed by atoms with Gasteiger partial charge in [0, 0.05) is 63.3 Å². The van der Waals surface area contributed by atoms with E-state index in [4.69, 9.17) is 10.5 Å². The summed E-state index contributed by atoms with van der Waals surface area (Å²) in [4.78, 5) is 3.46. The molecule has 0 fully saturated rings. The van der Waals surface area contributed by atoms with Gasteiger partial charge in [0.15, 0.2) is 11.5 Å². The Labute approximate surface area is 475 Å². The van der Waals surface area contributed by atoms with E-state index in [1.807, 2.05) is 0 Å². The molecule has 13 N–H and O–H groups in total. The number of hydrogen-bond acceptors (Lipinski definition) is 29. The Morgan fingerprint density at radius 2 is 1.18 bits per heavy atom. The number of non-ortho nitro benzene ring substituents is 1. The molecule has 0 aliphatic carbocycles. The van der Waals surface area contributed by atoms with Crippen LogP contribution in [0, 0.1) is 17.0 Å². The van der Waals surface area contributed by atoms with Crippen molar-refractivity contribution in [3.05, 3.63) is 94.5 Å². The summed E-state index contributed by atoms with van der Waals surface area (Å²) < 4.78 is 204. The molecule has 82 heavy (non-hydrogen) atoms. The maximum absolute atomic E-state index is 13.1. The van der Waals surface area contributed by atoms with Gasteiger partial charge >= 0.3 is 0 Å². The number of nitrogens with zero attached hydrogens (tertiary/aromatic N) is 7. The Morgan fingerprint density at radius 3 is 1.78 bits per heavy atom. The van der Waals surface area contributed by atoms with Crippen molar-refractivity contribution < 1.29 is 93.8 Å². The highest BCUT2D eigenvalue weighted by atomic mass is 32.2. The van der Waals surface area contributed by atoms with Crippen LogP contribution in [0.25, 0.3) is 21.5 Å². The van der Waals surface area contributed by atoms with E-state index in [2.05, 4.69) is 54.2 Å². The number of nitrogens with one attached hydrogen (secondary N) is 2. The predicted octanol–water partition coefficient (Wildman–Crippen LogP) is 9.95. The summed E-state index contributed by atoms with van der Waals surface area (Å²) in [6, 6.07) is 11.7. The smallest absolute Gasteiger partial charge is 0.297 e. The number of thiol groups is 1. The third-order valence-electron chi connectivity index (χ3n) is 11.2. The molecule has 40 heteroatoms. The van der Waals surface area contributed by atoms with Crippen molar-refractivity contribution in [2.24, 2.45) is 30.7 Å². The van der Waals surface area contributed by atoms with Crippen LogP contribution in [0.3, 0.4) is 0 Å². The molecule has 0 spiro atoms. The highest BCUT2D eigenvalue weighted by molar-refractivity contribution is 7.94. The molecule has 0 aliphatic heterocycles. The highest BCUT2D eigenvalue weighted by Crippen LogP contribution is 2.50. The number of phenolic OH excluding ortho intramolecular Hbond substituents is 2. The second-order valence-corrected chi connectivity index (χ2v) is 25.0. The fourth-order valence-electron chi connectivity index (χ4n) is 7.43. The largest absolute Gasteiger partial charge is 0.505 e. The molecule has 0 saturated carbocycles. The number of nitro benzene ring substituents is 1. The molecular weight excluding hydrogens is 1250 g/mol. The second kappa shape index (κ2) is 23.8. The molecule has 0 aromatic heterocycles. The highest BCUT2D eigenvalue weighted by Gasteiger charge is 2.31. The summed E-state index contributed by atoms with van der Waals surface area (Å²) in [7, 11) is -27.2. The van der Waals surface area contributed by atoms with Gasteiger partial charge in [0.1, 0.15) is 64.4 Å². The summed E-state index contributed by atoms with van der Waals surface area (Å²) in [6.45, 7) is 1.96. The number of rotatable bonds is 21. The minimum absolute atomic E-state index is 0.0747. The number of aryl methyl sites for hydroxylation is 1. The lowest BCUT2D eigenvalue weighted by Crippen LogP contribution is -2.15. The number of benzene rings is 7. The summed E-state index contributed by atoms with van der Waals surface area (Å²) in [6.07, 6.45) is 0.614. The third-order valence-corrected chi connectivity index (χ3v) is 17.0. The van der Waals surface area contributed by atoms with Gasteiger partial charge in [0.2, 0.25) is 0 Å². The van der Waals surface area contributed by atoms with Gasteiger partial charge in [-0.05, 0) is 79.3 Å². The molecule has 0 saturated heterocycles. The van der Waals surface area contributed by atoms with Crippen molar-refractivity contribution in [2.45, 2.75) is 47.6 Å². The van der Waals surface area contributed by atoms with Gasteiger partial charge < -0.3 is 29.8 Å². The minimum Gasteiger partial charge on any atom is -0.505 e. The maximum atomic E-state index is 13.1. The van der Waals surface area contributed by atoms with E-state index in [0.29, 0.717) is 54.4 Å². The zero-order valence-corrected chi connectivity index (χ0v) is 47.1. The first kappa shape index (κ1) is 62.2. The van der Waals surface area contributed by atoms with Crippen LogP contribution in [0.15, 0.2) is 144 Å². The molecule has 7 rings (SSSR count). The van der Waals surface area contributed by atoms with Gasteiger partial charge in [0.25, 0.3) is 56.3 Å². The van der Waals surface area contributed by atoms with Crippen LogP contribution in [-0.4, -0.2) is 101 Å². The van der Waals surface area contributed by atoms with Crippen molar-refractivity contribution in [3.8, 4) is 17.2 Å². The van der Waals surface area contributed by atoms with Crippen LogP contribution in [0.5, 0.6) is 17.2 Å². The lowest BCUT2D eigenvalue weighted by molar-refractivity contribution is -0.385. The van der Waals surface area contributed by atoms with Crippen LogP contribution >= 0.6 is 36.7 Å². The molecule has 7 aromatic carbocycles. The number of fused-ring (bicyclic) bond motifs is 2. The van der Waals surface area contributed by atoms with Crippen LogP contribution in [0.1, 0.15) is 12.0 Å². The Kier molecular flexibility index (Phi) is 18.1. The van der Waals surface area contributed by atoms with E-state index >= 15 is 0 Å². The summed E-state index contributed by atoms with van der Waals surface area (Å²) >= 11 is 3.92. The Bertz CT molecular complexity index is 4510. The zero-order chi connectivity index (χ0) is 60.6. The minimum atomic E-state index is -5.64. The monoisotopic (exact) mass is 1290 g/mol. The van der Waals surface area contributed by atoms with Gasteiger partial charge in [-0.15, -0.1) is 25.6 Å². The molecule has 0 unspecified atom stereocenters. The fourth-order valence-corrected chi connectivity index (χ4v) is 11.8. The number of azo groups is 3. The van der Waals surface area contributed by atoms with Crippen LogP contribution in [0.2, 0.25) is 0 Å². The number of ether oxygens (including phenoxy) is 1. The summed E-state index contributed by atoms with van der Waals surface area (Å²) in [5, 5.41) is 54.8. The number of nitrogen functional groups attached to an aromatic ring is 1. The molecule has 0 bridgehead atoms. The molecular formula is C42H36N10O22S8. The third kappa shape index (κ3) is 13.4. The number of anilines is 3. The number of nitrogens with two attached hydrogens (primary N) is 1. The first-order chi connectivity index (χ1) is 38.2. The average Bonchev–Trinajstić information content (AvgIpc) is 3.52. The summed E-state index contributed by atoms with van der Waals surface area (Å²) in [5.41, 5.74) is 4.26. The molecule has 32 nitrogen and oxygen atoms in total. The van der Waals surface area contributed by atoms with E-state index in [9.17, 15) is 94.3 Å². The van der Waals surface area contributed by atoms with Crippen LogP contribution in [-0.2, 0) is 50.6 Å². The maximum Gasteiger partial charge on any atom is 0.297 e. The van der Waals surface area contributed by atoms with E-state index in [0.717, 1.165) is 36.4 Å². The number of hydrazine groups is 1. The van der Waals surface area contributed by atoms with Crippen molar-refractivity contribution in [3.63, 3.8) is 0 Å². The molecule has 0 amide bonds. The molecule has 7 aromatic rings. The average molecular weight is 1290 g/mol. The van der Waals surface area contributed by atoms with Gasteiger partial charge in [0.05, 0.1) is 38.9 Å². The molecule has 0 aliphatic rings. The van der Waals surface area contributed by atoms with Crippen LogP contribution < -0.4 is 21.3 Å². The van der Waals surface area contributed by atoms with Gasteiger partial charge in [-0.2, -0.15) is 59.8 Å². The quantitative estimate of drug-likeness (QED) is 0.00366. The Hall–Kier alpha value is -7.42. The summed E-state index contributed by atoms with van der Waals surface area (Å²) in [5.74, 6) is -1.57. The Balaban J connectivity index is 1.33. The van der Waals surface area contributed by atoms with Gasteiger partial charge in [-0.1, -0.05) is 6.07 Å². The van der Waals surface area contributed by atoms with E-state index in [1.54, 1.807) is 19.1 Å². The normalized spacial score (nSPS) is 12.8. The SMILES string of the molecule is Cc1ccc(OCCCS)cc1N=Nc1cc(SO)c(N=Nc2c(S(=O)(=O)O)cc3c(S(=O)(=O)O)c(N=Nc4cc(SO)c5cc(S(=O)(=O)O)c(NNc6ccc([N+](=O)[O-])cc6S(=O)(=O)O)c(O)c5c4N)ccc3c2O)cc1S(=O)(=O)O. The van der Waals surface area contributed by atoms with Crippen molar-refractivity contribution in [2.75, 3.05) is 28.9 Å². The lowest BCUT2D eigenvalue weighted by Gasteiger charge is -2.19. The lowest BCUT2D eigenvalue weighted by atomic mass is 10.0.